The minimum absolute atomic E-state index is 0.116. The zero-order valence-corrected chi connectivity index (χ0v) is 11.8. The molecule has 0 spiro atoms. The molecule has 4 nitrogen and oxygen atoms in total. The van der Waals surface area contributed by atoms with Crippen LogP contribution in [0.3, 0.4) is 0 Å². The maximum atomic E-state index is 12.1. The van der Waals surface area contributed by atoms with Crippen LogP contribution in [0.1, 0.15) is 50.2 Å². The third-order valence-corrected chi connectivity index (χ3v) is 4.18. The molecule has 2 rings (SSSR count). The summed E-state index contributed by atoms with van der Waals surface area (Å²) in [6, 6.07) is 6.12. The summed E-state index contributed by atoms with van der Waals surface area (Å²) in [6.07, 6.45) is 2.70. The third-order valence-electron chi connectivity index (χ3n) is 4.18. The average Bonchev–Trinajstić information content (AvgIpc) is 2.37. The molecule has 1 amide bonds. The number of amides is 1. The van der Waals surface area contributed by atoms with Crippen molar-refractivity contribution in [2.24, 2.45) is 5.84 Å². The molecule has 3 N–H and O–H groups in total. The second kappa shape index (κ2) is 5.21. The number of carbonyl (C=O) groups is 1. The van der Waals surface area contributed by atoms with Crippen LogP contribution in [-0.2, 0) is 10.2 Å². The SMILES string of the molecule is COc1cc(C(C)C)ccc1C1(C(=O)NN)CCC1. The van der Waals surface area contributed by atoms with Gasteiger partial charge in [0.15, 0.2) is 0 Å². The van der Waals surface area contributed by atoms with Gasteiger partial charge in [-0.05, 0) is 30.4 Å². The van der Waals surface area contributed by atoms with E-state index in [9.17, 15) is 4.79 Å². The van der Waals surface area contributed by atoms with Crippen molar-refractivity contribution in [1.29, 1.82) is 0 Å². The molecule has 0 radical (unpaired) electrons. The van der Waals surface area contributed by atoms with Gasteiger partial charge in [0.05, 0.1) is 12.5 Å². The topological polar surface area (TPSA) is 64.3 Å². The lowest BCUT2D eigenvalue weighted by atomic mass is 9.63. The lowest BCUT2D eigenvalue weighted by Crippen LogP contribution is -2.51. The lowest BCUT2D eigenvalue weighted by Gasteiger charge is -2.41. The summed E-state index contributed by atoms with van der Waals surface area (Å²) in [5, 5.41) is 0. The molecule has 1 aromatic carbocycles. The minimum Gasteiger partial charge on any atom is -0.496 e. The molecule has 0 atom stereocenters. The number of nitrogens with one attached hydrogen (secondary N) is 1. The molecule has 0 aromatic heterocycles. The van der Waals surface area contributed by atoms with Crippen molar-refractivity contribution in [2.75, 3.05) is 7.11 Å². The Hall–Kier alpha value is -1.55. The molecule has 104 valence electrons. The fraction of sp³-hybridized carbons (Fsp3) is 0.533. The van der Waals surface area contributed by atoms with Gasteiger partial charge in [0, 0.05) is 5.56 Å². The first-order valence-corrected chi connectivity index (χ1v) is 6.74. The van der Waals surface area contributed by atoms with Crippen molar-refractivity contribution in [3.05, 3.63) is 29.3 Å². The Morgan fingerprint density at radius 2 is 2.11 bits per heavy atom. The molecule has 1 fully saturated rings. The second-order valence-corrected chi connectivity index (χ2v) is 5.52. The van der Waals surface area contributed by atoms with E-state index in [0.29, 0.717) is 5.92 Å². The molecule has 4 heteroatoms. The highest BCUT2D eigenvalue weighted by molar-refractivity contribution is 5.89. The number of rotatable bonds is 4. The fourth-order valence-corrected chi connectivity index (χ4v) is 2.75. The Balaban J connectivity index is 2.46. The Morgan fingerprint density at radius 3 is 2.53 bits per heavy atom. The number of hydrogen-bond acceptors (Lipinski definition) is 3. The van der Waals surface area contributed by atoms with E-state index >= 15 is 0 Å². The Morgan fingerprint density at radius 1 is 1.42 bits per heavy atom. The van der Waals surface area contributed by atoms with Crippen LogP contribution in [0.4, 0.5) is 0 Å². The normalized spacial score (nSPS) is 16.9. The summed E-state index contributed by atoms with van der Waals surface area (Å²) in [4.78, 5) is 12.1. The van der Waals surface area contributed by atoms with E-state index in [1.807, 2.05) is 12.1 Å². The van der Waals surface area contributed by atoms with E-state index < -0.39 is 5.41 Å². The minimum atomic E-state index is -0.504. The highest BCUT2D eigenvalue weighted by Gasteiger charge is 2.47. The van der Waals surface area contributed by atoms with Crippen molar-refractivity contribution in [3.8, 4) is 5.75 Å². The van der Waals surface area contributed by atoms with Crippen LogP contribution in [0.25, 0.3) is 0 Å². The van der Waals surface area contributed by atoms with Crippen LogP contribution in [0.2, 0.25) is 0 Å². The number of nitrogens with two attached hydrogens (primary N) is 1. The van der Waals surface area contributed by atoms with Crippen molar-refractivity contribution in [2.45, 2.75) is 44.4 Å². The van der Waals surface area contributed by atoms with E-state index in [1.54, 1.807) is 7.11 Å². The largest absolute Gasteiger partial charge is 0.496 e. The van der Waals surface area contributed by atoms with Crippen LogP contribution in [0.5, 0.6) is 5.75 Å². The van der Waals surface area contributed by atoms with Gasteiger partial charge in [-0.3, -0.25) is 10.2 Å². The monoisotopic (exact) mass is 262 g/mol. The number of carbonyl (C=O) groups excluding carboxylic acids is 1. The Kier molecular flexibility index (Phi) is 3.80. The van der Waals surface area contributed by atoms with Crippen molar-refractivity contribution in [3.63, 3.8) is 0 Å². The molecule has 19 heavy (non-hydrogen) atoms. The van der Waals surface area contributed by atoms with Gasteiger partial charge in [-0.15, -0.1) is 0 Å². The van der Waals surface area contributed by atoms with Crippen LogP contribution in [0, 0.1) is 0 Å². The number of benzene rings is 1. The smallest absolute Gasteiger partial charge is 0.244 e. The van der Waals surface area contributed by atoms with E-state index in [0.717, 1.165) is 30.6 Å². The maximum Gasteiger partial charge on any atom is 0.244 e. The molecular weight excluding hydrogens is 240 g/mol. The zero-order chi connectivity index (χ0) is 14.0. The summed E-state index contributed by atoms with van der Waals surface area (Å²) in [5.41, 5.74) is 3.96. The van der Waals surface area contributed by atoms with Gasteiger partial charge in [0.2, 0.25) is 5.91 Å². The molecular formula is C15H22N2O2. The van der Waals surface area contributed by atoms with Gasteiger partial charge in [-0.2, -0.15) is 0 Å². The van der Waals surface area contributed by atoms with Crippen LogP contribution in [-0.4, -0.2) is 13.0 Å². The first-order chi connectivity index (χ1) is 9.05. The third kappa shape index (κ3) is 2.21. The Bertz CT molecular complexity index is 479. The molecule has 0 unspecified atom stereocenters. The summed E-state index contributed by atoms with van der Waals surface area (Å²) in [7, 11) is 1.65. The number of hydrazine groups is 1. The number of methoxy groups -OCH3 is 1. The standard InChI is InChI=1S/C15H22N2O2/c1-10(2)11-5-6-12(13(9-11)19-3)15(7-4-8-15)14(18)17-16/h5-6,9-10H,4,7-8,16H2,1-3H3,(H,17,18). The summed E-state index contributed by atoms with van der Waals surface area (Å²) >= 11 is 0. The maximum absolute atomic E-state index is 12.1. The van der Waals surface area contributed by atoms with Gasteiger partial charge in [-0.1, -0.05) is 32.4 Å². The van der Waals surface area contributed by atoms with Gasteiger partial charge >= 0.3 is 0 Å². The van der Waals surface area contributed by atoms with E-state index in [4.69, 9.17) is 10.6 Å². The molecule has 0 bridgehead atoms. The molecule has 1 aliphatic rings. The molecule has 0 saturated heterocycles. The predicted molar refractivity (Wildman–Crippen MR) is 74.9 cm³/mol. The lowest BCUT2D eigenvalue weighted by molar-refractivity contribution is -0.130. The zero-order valence-electron chi connectivity index (χ0n) is 11.8. The van der Waals surface area contributed by atoms with Crippen LogP contribution < -0.4 is 16.0 Å². The summed E-state index contributed by atoms with van der Waals surface area (Å²) in [5.74, 6) is 6.44. The van der Waals surface area contributed by atoms with Crippen molar-refractivity contribution < 1.29 is 9.53 Å². The molecule has 1 saturated carbocycles. The quantitative estimate of drug-likeness (QED) is 0.497. The molecule has 1 aliphatic carbocycles. The highest BCUT2D eigenvalue weighted by atomic mass is 16.5. The van der Waals surface area contributed by atoms with Gasteiger partial charge in [0.1, 0.15) is 5.75 Å². The first-order valence-electron chi connectivity index (χ1n) is 6.74. The second-order valence-electron chi connectivity index (χ2n) is 5.52. The van der Waals surface area contributed by atoms with Gasteiger partial charge < -0.3 is 4.74 Å². The van der Waals surface area contributed by atoms with E-state index in [-0.39, 0.29) is 5.91 Å². The fourth-order valence-electron chi connectivity index (χ4n) is 2.75. The number of ether oxygens (including phenoxy) is 1. The number of hydrogen-bond donors (Lipinski definition) is 2. The molecule has 1 aromatic rings. The molecule has 0 aliphatic heterocycles. The van der Waals surface area contributed by atoms with Crippen molar-refractivity contribution >= 4 is 5.91 Å². The van der Waals surface area contributed by atoms with Crippen molar-refractivity contribution in [1.82, 2.24) is 5.43 Å². The van der Waals surface area contributed by atoms with Gasteiger partial charge in [0.25, 0.3) is 0 Å². The first kappa shape index (κ1) is 13.9. The van der Waals surface area contributed by atoms with Gasteiger partial charge in [-0.25, -0.2) is 5.84 Å². The van der Waals surface area contributed by atoms with E-state index in [2.05, 4.69) is 25.3 Å². The summed E-state index contributed by atoms with van der Waals surface area (Å²) in [6.45, 7) is 4.28. The van der Waals surface area contributed by atoms with E-state index in [1.165, 1.54) is 5.56 Å². The molecule has 0 heterocycles. The predicted octanol–water partition coefficient (Wildman–Crippen LogP) is 2.23. The average molecular weight is 262 g/mol. The Labute approximate surface area is 114 Å². The van der Waals surface area contributed by atoms with Crippen LogP contribution in [0.15, 0.2) is 18.2 Å². The highest BCUT2D eigenvalue weighted by Crippen LogP contribution is 2.47. The van der Waals surface area contributed by atoms with Crippen LogP contribution >= 0.6 is 0 Å². The summed E-state index contributed by atoms with van der Waals surface area (Å²) < 4.78 is 5.49.